The van der Waals surface area contributed by atoms with E-state index in [9.17, 15) is 4.79 Å². The number of hydrogen-bond donors (Lipinski definition) is 2. The summed E-state index contributed by atoms with van der Waals surface area (Å²) in [5.74, 6) is -0.145. The number of halogens is 1. The molecule has 0 spiro atoms. The van der Waals surface area contributed by atoms with E-state index < -0.39 is 0 Å². The quantitative estimate of drug-likeness (QED) is 0.693. The molecule has 1 atom stereocenters. The van der Waals surface area contributed by atoms with Crippen LogP contribution in [0.1, 0.15) is 15.2 Å². The lowest BCUT2D eigenvalue weighted by Crippen LogP contribution is -2.41. The molecule has 8 heteroatoms. The summed E-state index contributed by atoms with van der Waals surface area (Å²) in [4.78, 5) is 14.0. The zero-order valence-electron chi connectivity index (χ0n) is 13.6. The van der Waals surface area contributed by atoms with Gasteiger partial charge in [-0.3, -0.25) is 4.79 Å². The molecule has 25 heavy (non-hydrogen) atoms. The second kappa shape index (κ2) is 7.77. The van der Waals surface area contributed by atoms with E-state index in [-0.39, 0.29) is 11.9 Å². The lowest BCUT2D eigenvalue weighted by Gasteiger charge is -2.16. The molecule has 0 saturated heterocycles. The highest BCUT2D eigenvalue weighted by Crippen LogP contribution is 2.31. The SMILES string of the molecule is Cn1nnc(Cl)c1-c1ccc(C(=O)NC(CN)Cc2ccccc2)s1. The number of carbonyl (C=O) groups is 1. The Morgan fingerprint density at radius 1 is 1.32 bits per heavy atom. The largest absolute Gasteiger partial charge is 0.347 e. The minimum absolute atomic E-state index is 0.123. The van der Waals surface area contributed by atoms with Gasteiger partial charge in [-0.25, -0.2) is 4.68 Å². The topological polar surface area (TPSA) is 85.8 Å². The molecule has 0 aliphatic rings. The first-order valence-corrected chi connectivity index (χ1v) is 8.98. The fourth-order valence-electron chi connectivity index (χ4n) is 2.53. The molecule has 1 unspecified atom stereocenters. The number of aryl methyl sites for hydroxylation is 1. The van der Waals surface area contributed by atoms with Gasteiger partial charge in [0.2, 0.25) is 0 Å². The summed E-state index contributed by atoms with van der Waals surface area (Å²) >= 11 is 7.41. The molecular weight excluding hydrogens is 358 g/mol. The summed E-state index contributed by atoms with van der Waals surface area (Å²) in [7, 11) is 1.76. The normalized spacial score (nSPS) is 12.1. The van der Waals surface area contributed by atoms with Crippen molar-refractivity contribution in [2.75, 3.05) is 6.54 Å². The third kappa shape index (κ3) is 4.07. The van der Waals surface area contributed by atoms with Gasteiger partial charge in [0.15, 0.2) is 5.15 Å². The van der Waals surface area contributed by atoms with Crippen LogP contribution < -0.4 is 11.1 Å². The number of benzene rings is 1. The Labute approximate surface area is 154 Å². The van der Waals surface area contributed by atoms with E-state index in [4.69, 9.17) is 17.3 Å². The highest BCUT2D eigenvalue weighted by molar-refractivity contribution is 7.17. The molecular formula is C17H18ClN5OS. The van der Waals surface area contributed by atoms with Crippen molar-refractivity contribution in [3.63, 3.8) is 0 Å². The van der Waals surface area contributed by atoms with Crippen LogP contribution in [-0.2, 0) is 13.5 Å². The van der Waals surface area contributed by atoms with Crippen LogP contribution in [0, 0.1) is 0 Å². The van der Waals surface area contributed by atoms with E-state index in [1.54, 1.807) is 17.8 Å². The van der Waals surface area contributed by atoms with Crippen LogP contribution in [0.5, 0.6) is 0 Å². The van der Waals surface area contributed by atoms with Gasteiger partial charge >= 0.3 is 0 Å². The Hall–Kier alpha value is -2.22. The van der Waals surface area contributed by atoms with E-state index in [2.05, 4.69) is 15.6 Å². The number of aromatic nitrogens is 3. The number of thiophene rings is 1. The lowest BCUT2D eigenvalue weighted by molar-refractivity contribution is 0.0942. The highest BCUT2D eigenvalue weighted by Gasteiger charge is 2.18. The second-order valence-electron chi connectivity index (χ2n) is 5.61. The van der Waals surface area contributed by atoms with Gasteiger partial charge in [-0.1, -0.05) is 47.1 Å². The summed E-state index contributed by atoms with van der Waals surface area (Å²) < 4.78 is 1.59. The fraction of sp³-hybridized carbons (Fsp3) is 0.235. The smallest absolute Gasteiger partial charge is 0.261 e. The maximum atomic E-state index is 12.5. The molecule has 0 aliphatic heterocycles. The third-order valence-electron chi connectivity index (χ3n) is 3.79. The molecule has 0 radical (unpaired) electrons. The second-order valence-corrected chi connectivity index (χ2v) is 7.05. The molecule has 1 aromatic carbocycles. The molecule has 0 aliphatic carbocycles. The van der Waals surface area contributed by atoms with Gasteiger partial charge in [0, 0.05) is 19.6 Å². The van der Waals surface area contributed by atoms with Crippen molar-refractivity contribution in [2.45, 2.75) is 12.5 Å². The van der Waals surface area contributed by atoms with Crippen molar-refractivity contribution in [3.8, 4) is 10.6 Å². The highest BCUT2D eigenvalue weighted by atomic mass is 35.5. The molecule has 0 bridgehead atoms. The average molecular weight is 376 g/mol. The van der Waals surface area contributed by atoms with Crippen LogP contribution in [0.25, 0.3) is 10.6 Å². The fourth-order valence-corrected chi connectivity index (χ4v) is 3.83. The van der Waals surface area contributed by atoms with Crippen LogP contribution in [0.3, 0.4) is 0 Å². The van der Waals surface area contributed by atoms with Crippen LogP contribution in [0.4, 0.5) is 0 Å². The molecule has 0 fully saturated rings. The van der Waals surface area contributed by atoms with E-state index in [1.165, 1.54) is 11.3 Å². The van der Waals surface area contributed by atoms with Gasteiger partial charge in [0.1, 0.15) is 5.69 Å². The standard InChI is InChI=1S/C17H18ClN5OS/c1-23-15(16(18)21-22-23)13-7-8-14(25-13)17(24)20-12(10-19)9-11-5-3-2-4-6-11/h2-8,12H,9-10,19H2,1H3,(H,20,24). The van der Waals surface area contributed by atoms with Gasteiger partial charge in [-0.15, -0.1) is 16.4 Å². The van der Waals surface area contributed by atoms with Gasteiger partial charge in [-0.05, 0) is 24.1 Å². The number of hydrogen-bond acceptors (Lipinski definition) is 5. The number of nitrogens with one attached hydrogen (secondary N) is 1. The molecule has 0 saturated carbocycles. The maximum absolute atomic E-state index is 12.5. The van der Waals surface area contributed by atoms with E-state index in [0.717, 1.165) is 10.4 Å². The molecule has 3 N–H and O–H groups in total. The first-order chi connectivity index (χ1) is 12.1. The zero-order valence-corrected chi connectivity index (χ0v) is 15.2. The van der Waals surface area contributed by atoms with E-state index in [0.29, 0.717) is 28.7 Å². The van der Waals surface area contributed by atoms with Gasteiger partial charge < -0.3 is 11.1 Å². The van der Waals surface area contributed by atoms with Crippen LogP contribution in [-0.4, -0.2) is 33.5 Å². The van der Waals surface area contributed by atoms with Crippen molar-refractivity contribution in [1.82, 2.24) is 20.3 Å². The van der Waals surface area contributed by atoms with Crippen molar-refractivity contribution in [3.05, 3.63) is 58.1 Å². The third-order valence-corrected chi connectivity index (χ3v) is 5.14. The van der Waals surface area contributed by atoms with Crippen LogP contribution in [0.2, 0.25) is 5.15 Å². The zero-order chi connectivity index (χ0) is 17.8. The summed E-state index contributed by atoms with van der Waals surface area (Å²) in [5.41, 5.74) is 7.66. The molecule has 3 aromatic rings. The molecule has 3 rings (SSSR count). The number of amides is 1. The minimum atomic E-state index is -0.145. The Balaban J connectivity index is 1.71. The summed E-state index contributed by atoms with van der Waals surface area (Å²) in [6.45, 7) is 0.371. The van der Waals surface area contributed by atoms with Crippen LogP contribution in [0.15, 0.2) is 42.5 Å². The molecule has 130 valence electrons. The van der Waals surface area contributed by atoms with Gasteiger partial charge in [-0.2, -0.15) is 0 Å². The average Bonchev–Trinajstić information content (AvgIpc) is 3.22. The minimum Gasteiger partial charge on any atom is -0.347 e. The predicted molar refractivity (Wildman–Crippen MR) is 99.8 cm³/mol. The van der Waals surface area contributed by atoms with Crippen molar-refractivity contribution >= 4 is 28.8 Å². The number of nitrogens with two attached hydrogens (primary N) is 1. The molecule has 1 amide bonds. The maximum Gasteiger partial charge on any atom is 0.261 e. The Morgan fingerprint density at radius 3 is 2.72 bits per heavy atom. The Kier molecular flexibility index (Phi) is 5.47. The number of nitrogens with zero attached hydrogens (tertiary/aromatic N) is 3. The molecule has 2 aromatic heterocycles. The van der Waals surface area contributed by atoms with Gasteiger partial charge in [0.05, 0.1) is 9.75 Å². The summed E-state index contributed by atoms with van der Waals surface area (Å²) in [6, 6.07) is 13.5. The van der Waals surface area contributed by atoms with Crippen molar-refractivity contribution in [1.29, 1.82) is 0 Å². The van der Waals surface area contributed by atoms with Crippen LogP contribution >= 0.6 is 22.9 Å². The molecule has 2 heterocycles. The predicted octanol–water partition coefficient (Wildman–Crippen LogP) is 2.50. The first-order valence-electron chi connectivity index (χ1n) is 7.78. The Morgan fingerprint density at radius 2 is 2.08 bits per heavy atom. The van der Waals surface area contributed by atoms with E-state index in [1.807, 2.05) is 36.4 Å². The summed E-state index contributed by atoms with van der Waals surface area (Å²) in [6.07, 6.45) is 0.693. The number of rotatable bonds is 6. The van der Waals surface area contributed by atoms with Gasteiger partial charge in [0.25, 0.3) is 5.91 Å². The lowest BCUT2D eigenvalue weighted by atomic mass is 10.1. The van der Waals surface area contributed by atoms with Crippen molar-refractivity contribution < 1.29 is 4.79 Å². The number of carbonyl (C=O) groups excluding carboxylic acids is 1. The summed E-state index contributed by atoms with van der Waals surface area (Å²) in [5, 5.41) is 11.0. The van der Waals surface area contributed by atoms with E-state index >= 15 is 0 Å². The first kappa shape index (κ1) is 17.6. The van der Waals surface area contributed by atoms with Crippen molar-refractivity contribution in [2.24, 2.45) is 12.8 Å². The molecule has 6 nitrogen and oxygen atoms in total. The monoisotopic (exact) mass is 375 g/mol. The Bertz CT molecular complexity index is 842.